The van der Waals surface area contributed by atoms with Gasteiger partial charge in [0.15, 0.2) is 6.10 Å². The van der Waals surface area contributed by atoms with Gasteiger partial charge in [0.25, 0.3) is 0 Å². The van der Waals surface area contributed by atoms with Crippen LogP contribution in [0.25, 0.3) is 0 Å². The minimum atomic E-state index is -0.500. The van der Waals surface area contributed by atoms with Gasteiger partial charge >= 0.3 is 5.97 Å². The number of carbonyl (C=O) groups excluding carboxylic acids is 1. The number of ether oxygens (including phenoxy) is 3. The van der Waals surface area contributed by atoms with Crippen LogP contribution in [0.4, 0.5) is 0 Å². The number of rotatable bonds is 3. The maximum absolute atomic E-state index is 11.5. The lowest BCUT2D eigenvalue weighted by Gasteiger charge is -2.19. The van der Waals surface area contributed by atoms with Crippen LogP contribution in [-0.4, -0.2) is 37.4 Å². The first-order valence-corrected chi connectivity index (χ1v) is 5.56. The fourth-order valence-electron chi connectivity index (χ4n) is 1.57. The second kappa shape index (κ2) is 5.29. The summed E-state index contributed by atoms with van der Waals surface area (Å²) in [4.78, 5) is 15.7. The minimum absolute atomic E-state index is 0.135. The van der Waals surface area contributed by atoms with Crippen molar-refractivity contribution >= 4 is 5.97 Å². The van der Waals surface area contributed by atoms with Gasteiger partial charge in [-0.25, -0.2) is 9.78 Å². The van der Waals surface area contributed by atoms with Crippen molar-refractivity contribution in [3.05, 3.63) is 17.3 Å². The van der Waals surface area contributed by atoms with E-state index in [2.05, 4.69) is 4.98 Å². The van der Waals surface area contributed by atoms with Crippen LogP contribution >= 0.6 is 0 Å². The fraction of sp³-hybridized carbons (Fsp3) is 0.636. The van der Waals surface area contributed by atoms with Crippen molar-refractivity contribution < 1.29 is 23.4 Å². The van der Waals surface area contributed by atoms with Crippen LogP contribution in [0.3, 0.4) is 0 Å². The Bertz CT molecular complexity index is 395. The summed E-state index contributed by atoms with van der Waals surface area (Å²) >= 11 is 0. The highest BCUT2D eigenvalue weighted by Gasteiger charge is 2.26. The first-order valence-electron chi connectivity index (χ1n) is 5.56. The lowest BCUT2D eigenvalue weighted by atomic mass is 10.3. The van der Waals surface area contributed by atoms with Gasteiger partial charge in [0.2, 0.25) is 11.7 Å². The van der Waals surface area contributed by atoms with Crippen molar-refractivity contribution in [1.29, 1.82) is 0 Å². The zero-order chi connectivity index (χ0) is 12.3. The number of hydrogen-bond acceptors (Lipinski definition) is 6. The predicted octanol–water partition coefficient (Wildman–Crippen LogP) is 1.25. The van der Waals surface area contributed by atoms with Crippen LogP contribution in [0.15, 0.2) is 4.42 Å². The molecule has 1 fully saturated rings. The van der Waals surface area contributed by atoms with E-state index in [9.17, 15) is 4.79 Å². The van der Waals surface area contributed by atoms with Gasteiger partial charge in [0, 0.05) is 0 Å². The van der Waals surface area contributed by atoms with Gasteiger partial charge in [0.05, 0.1) is 32.1 Å². The van der Waals surface area contributed by atoms with E-state index >= 15 is 0 Å². The number of carbonyl (C=O) groups is 1. The number of aromatic nitrogens is 1. The normalized spacial score (nSPS) is 20.2. The molecule has 0 radical (unpaired) electrons. The maximum Gasteiger partial charge on any atom is 0.376 e. The Morgan fingerprint density at radius 3 is 3.00 bits per heavy atom. The molecule has 1 unspecified atom stereocenters. The van der Waals surface area contributed by atoms with Gasteiger partial charge in [0.1, 0.15) is 0 Å². The first kappa shape index (κ1) is 12.1. The monoisotopic (exact) mass is 241 g/mol. The smallest absolute Gasteiger partial charge is 0.376 e. The fourth-order valence-corrected chi connectivity index (χ4v) is 1.57. The summed E-state index contributed by atoms with van der Waals surface area (Å²) in [6.45, 7) is 5.20. The molecule has 17 heavy (non-hydrogen) atoms. The second-order valence-electron chi connectivity index (χ2n) is 3.62. The summed E-state index contributed by atoms with van der Waals surface area (Å²) in [5.74, 6) is 0.00162. The average molecular weight is 241 g/mol. The molecular weight excluding hydrogens is 226 g/mol. The standard InChI is InChI=1S/C11H15NO5/c1-3-15-11(13)9-7(2)12-10(17-9)8-6-14-4-5-16-8/h8H,3-6H2,1-2H3. The Kier molecular flexibility index (Phi) is 3.75. The lowest BCUT2D eigenvalue weighted by molar-refractivity contribution is -0.0998. The number of aryl methyl sites for hydroxylation is 1. The summed E-state index contributed by atoms with van der Waals surface area (Å²) in [5.41, 5.74) is 0.507. The van der Waals surface area contributed by atoms with Gasteiger partial charge in [-0.3, -0.25) is 0 Å². The molecule has 1 aliphatic rings. The highest BCUT2D eigenvalue weighted by Crippen LogP contribution is 2.22. The molecule has 0 aromatic carbocycles. The van der Waals surface area contributed by atoms with Crippen molar-refractivity contribution in [2.24, 2.45) is 0 Å². The molecule has 1 aromatic rings. The minimum Gasteiger partial charge on any atom is -0.460 e. The number of esters is 1. The van der Waals surface area contributed by atoms with Gasteiger partial charge in [-0.05, 0) is 13.8 Å². The molecule has 0 amide bonds. The van der Waals surface area contributed by atoms with Gasteiger partial charge in [-0.15, -0.1) is 0 Å². The number of hydrogen-bond donors (Lipinski definition) is 0. The third-order valence-electron chi connectivity index (χ3n) is 2.37. The Morgan fingerprint density at radius 2 is 2.35 bits per heavy atom. The van der Waals surface area contributed by atoms with Crippen molar-refractivity contribution in [3.63, 3.8) is 0 Å². The van der Waals surface area contributed by atoms with E-state index in [1.54, 1.807) is 13.8 Å². The van der Waals surface area contributed by atoms with Crippen LogP contribution in [-0.2, 0) is 14.2 Å². The van der Waals surface area contributed by atoms with Crippen molar-refractivity contribution in [2.45, 2.75) is 20.0 Å². The molecule has 1 aliphatic heterocycles. The molecule has 2 heterocycles. The SMILES string of the molecule is CCOC(=O)c1oc(C2COCCO2)nc1C. The van der Waals surface area contributed by atoms with E-state index in [4.69, 9.17) is 18.6 Å². The van der Waals surface area contributed by atoms with E-state index in [1.807, 2.05) is 0 Å². The van der Waals surface area contributed by atoms with E-state index in [1.165, 1.54) is 0 Å². The summed E-state index contributed by atoms with van der Waals surface area (Å²) in [6, 6.07) is 0. The largest absolute Gasteiger partial charge is 0.460 e. The Hall–Kier alpha value is -1.40. The molecule has 0 aliphatic carbocycles. The highest BCUT2D eigenvalue weighted by atomic mass is 16.6. The molecule has 6 heteroatoms. The van der Waals surface area contributed by atoms with Gasteiger partial charge in [-0.2, -0.15) is 0 Å². The average Bonchev–Trinajstić information content (AvgIpc) is 2.73. The van der Waals surface area contributed by atoms with Crippen LogP contribution < -0.4 is 0 Å². The molecule has 2 rings (SSSR count). The summed E-state index contributed by atoms with van der Waals surface area (Å²) in [5, 5.41) is 0. The Morgan fingerprint density at radius 1 is 1.53 bits per heavy atom. The van der Waals surface area contributed by atoms with E-state index in [0.717, 1.165) is 0 Å². The van der Waals surface area contributed by atoms with Crippen LogP contribution in [0, 0.1) is 6.92 Å². The topological polar surface area (TPSA) is 70.8 Å². The molecule has 1 aromatic heterocycles. The third kappa shape index (κ3) is 2.65. The Balaban J connectivity index is 2.14. The van der Waals surface area contributed by atoms with E-state index < -0.39 is 5.97 Å². The van der Waals surface area contributed by atoms with E-state index in [0.29, 0.717) is 38.0 Å². The molecule has 0 saturated carbocycles. The lowest BCUT2D eigenvalue weighted by Crippen LogP contribution is -2.22. The van der Waals surface area contributed by atoms with Crippen molar-refractivity contribution in [1.82, 2.24) is 4.98 Å². The third-order valence-corrected chi connectivity index (χ3v) is 2.37. The molecule has 94 valence electrons. The number of nitrogens with zero attached hydrogens (tertiary/aromatic N) is 1. The van der Waals surface area contributed by atoms with E-state index in [-0.39, 0.29) is 11.9 Å². The van der Waals surface area contributed by atoms with Crippen molar-refractivity contribution in [2.75, 3.05) is 26.4 Å². The van der Waals surface area contributed by atoms with Gasteiger partial charge < -0.3 is 18.6 Å². The summed E-state index contributed by atoms with van der Waals surface area (Å²) in [6.07, 6.45) is -0.342. The van der Waals surface area contributed by atoms with Crippen LogP contribution in [0.2, 0.25) is 0 Å². The molecule has 0 N–H and O–H groups in total. The zero-order valence-electron chi connectivity index (χ0n) is 9.89. The number of oxazole rings is 1. The summed E-state index contributed by atoms with van der Waals surface area (Å²) in [7, 11) is 0. The first-order chi connectivity index (χ1) is 8.22. The summed E-state index contributed by atoms with van der Waals surface area (Å²) < 4.78 is 20.9. The molecule has 1 saturated heterocycles. The van der Waals surface area contributed by atoms with Gasteiger partial charge in [-0.1, -0.05) is 0 Å². The quantitative estimate of drug-likeness (QED) is 0.741. The molecule has 0 spiro atoms. The molecule has 1 atom stereocenters. The Labute approximate surface area is 98.9 Å². The molecule has 0 bridgehead atoms. The second-order valence-corrected chi connectivity index (χ2v) is 3.62. The zero-order valence-corrected chi connectivity index (χ0v) is 9.89. The highest BCUT2D eigenvalue weighted by molar-refractivity contribution is 5.87. The maximum atomic E-state index is 11.5. The molecule has 6 nitrogen and oxygen atoms in total. The van der Waals surface area contributed by atoms with Crippen molar-refractivity contribution in [3.8, 4) is 0 Å². The predicted molar refractivity (Wildman–Crippen MR) is 56.7 cm³/mol. The van der Waals surface area contributed by atoms with Crippen LogP contribution in [0.5, 0.6) is 0 Å². The molecular formula is C11H15NO5. The van der Waals surface area contributed by atoms with Crippen LogP contribution in [0.1, 0.15) is 35.2 Å².